The zero-order valence-electron chi connectivity index (χ0n) is 13.6. The SMILES string of the molecule is CC1N(C)c2cc(NC(=O)c3ccccc3)ccc2C1(C)C. The molecule has 1 aliphatic rings. The fraction of sp³-hybridized carbons (Fsp3) is 0.316. The van der Waals surface area contributed by atoms with Crippen LogP contribution in [-0.2, 0) is 5.41 Å². The molecule has 3 nitrogen and oxygen atoms in total. The van der Waals surface area contributed by atoms with E-state index in [4.69, 9.17) is 0 Å². The second-order valence-electron chi connectivity index (χ2n) is 6.56. The Hall–Kier alpha value is -2.29. The Balaban J connectivity index is 1.88. The Kier molecular flexibility index (Phi) is 3.44. The summed E-state index contributed by atoms with van der Waals surface area (Å²) in [5, 5.41) is 2.99. The molecule has 0 saturated heterocycles. The van der Waals surface area contributed by atoms with Gasteiger partial charge in [0.2, 0.25) is 0 Å². The highest BCUT2D eigenvalue weighted by molar-refractivity contribution is 6.04. The third kappa shape index (κ3) is 2.27. The maximum atomic E-state index is 12.3. The van der Waals surface area contributed by atoms with Crippen LogP contribution in [0.3, 0.4) is 0 Å². The Labute approximate surface area is 132 Å². The first-order valence-electron chi connectivity index (χ1n) is 7.65. The predicted octanol–water partition coefficient (Wildman–Crippen LogP) is 4.05. The van der Waals surface area contributed by atoms with Crippen molar-refractivity contribution in [3.63, 3.8) is 0 Å². The van der Waals surface area contributed by atoms with Crippen LogP contribution in [0.5, 0.6) is 0 Å². The van der Waals surface area contributed by atoms with Gasteiger partial charge in [-0.2, -0.15) is 0 Å². The van der Waals surface area contributed by atoms with Gasteiger partial charge in [0, 0.05) is 35.4 Å². The highest BCUT2D eigenvalue weighted by Gasteiger charge is 2.40. The maximum Gasteiger partial charge on any atom is 0.255 e. The molecule has 114 valence electrons. The minimum atomic E-state index is -0.0755. The first-order chi connectivity index (χ1) is 10.4. The van der Waals surface area contributed by atoms with Crippen molar-refractivity contribution in [2.45, 2.75) is 32.2 Å². The Morgan fingerprint density at radius 3 is 2.50 bits per heavy atom. The van der Waals surface area contributed by atoms with E-state index in [9.17, 15) is 4.79 Å². The van der Waals surface area contributed by atoms with Crippen LogP contribution in [0, 0.1) is 0 Å². The average Bonchev–Trinajstić information content (AvgIpc) is 2.69. The number of likely N-dealkylation sites (N-methyl/N-ethyl adjacent to an activating group) is 1. The first kappa shape index (κ1) is 14.6. The van der Waals surface area contributed by atoms with Gasteiger partial charge in [-0.05, 0) is 36.8 Å². The lowest BCUT2D eigenvalue weighted by Gasteiger charge is -2.28. The van der Waals surface area contributed by atoms with Crippen molar-refractivity contribution in [2.75, 3.05) is 17.3 Å². The number of fused-ring (bicyclic) bond motifs is 1. The van der Waals surface area contributed by atoms with Crippen LogP contribution in [-0.4, -0.2) is 19.0 Å². The lowest BCUT2D eigenvalue weighted by atomic mass is 9.81. The van der Waals surface area contributed by atoms with E-state index in [0.717, 1.165) is 5.69 Å². The summed E-state index contributed by atoms with van der Waals surface area (Å²) in [6.07, 6.45) is 0. The summed E-state index contributed by atoms with van der Waals surface area (Å²) in [6.45, 7) is 6.77. The van der Waals surface area contributed by atoms with E-state index < -0.39 is 0 Å². The number of amides is 1. The van der Waals surface area contributed by atoms with Crippen molar-refractivity contribution in [3.05, 3.63) is 59.7 Å². The molecule has 3 rings (SSSR count). The van der Waals surface area contributed by atoms with Gasteiger partial charge in [0.15, 0.2) is 0 Å². The number of nitrogens with zero attached hydrogens (tertiary/aromatic N) is 1. The molecular formula is C19H22N2O. The van der Waals surface area contributed by atoms with Crippen LogP contribution in [0.15, 0.2) is 48.5 Å². The summed E-state index contributed by atoms with van der Waals surface area (Å²) >= 11 is 0. The van der Waals surface area contributed by atoms with Crippen molar-refractivity contribution in [3.8, 4) is 0 Å². The Morgan fingerprint density at radius 1 is 1.14 bits per heavy atom. The van der Waals surface area contributed by atoms with Crippen molar-refractivity contribution in [1.29, 1.82) is 0 Å². The quantitative estimate of drug-likeness (QED) is 0.906. The van der Waals surface area contributed by atoms with Gasteiger partial charge < -0.3 is 10.2 Å². The monoisotopic (exact) mass is 294 g/mol. The van der Waals surface area contributed by atoms with Crippen LogP contribution in [0.1, 0.15) is 36.7 Å². The second-order valence-corrected chi connectivity index (χ2v) is 6.56. The molecule has 0 saturated carbocycles. The van der Waals surface area contributed by atoms with Gasteiger partial charge in [-0.3, -0.25) is 4.79 Å². The zero-order chi connectivity index (χ0) is 15.9. The number of hydrogen-bond acceptors (Lipinski definition) is 2. The number of rotatable bonds is 2. The predicted molar refractivity (Wildman–Crippen MR) is 91.7 cm³/mol. The third-order valence-corrected chi connectivity index (χ3v) is 4.99. The van der Waals surface area contributed by atoms with Gasteiger partial charge in [-0.1, -0.05) is 38.1 Å². The second kappa shape index (κ2) is 5.16. The molecule has 0 bridgehead atoms. The molecule has 1 N–H and O–H groups in total. The van der Waals surface area contributed by atoms with Gasteiger partial charge in [-0.15, -0.1) is 0 Å². The molecular weight excluding hydrogens is 272 g/mol. The highest BCUT2D eigenvalue weighted by atomic mass is 16.1. The minimum Gasteiger partial charge on any atom is -0.371 e. The number of anilines is 2. The van der Waals surface area contributed by atoms with Gasteiger partial charge >= 0.3 is 0 Å². The van der Waals surface area contributed by atoms with E-state index in [1.807, 2.05) is 36.4 Å². The molecule has 1 atom stereocenters. The number of carbonyl (C=O) groups excluding carboxylic acids is 1. The lowest BCUT2D eigenvalue weighted by Crippen LogP contribution is -2.36. The molecule has 2 aromatic rings. The average molecular weight is 294 g/mol. The van der Waals surface area contributed by atoms with E-state index >= 15 is 0 Å². The molecule has 2 aromatic carbocycles. The first-order valence-corrected chi connectivity index (χ1v) is 7.65. The molecule has 1 aliphatic heterocycles. The molecule has 0 radical (unpaired) electrons. The number of hydrogen-bond donors (Lipinski definition) is 1. The minimum absolute atomic E-state index is 0.0755. The number of carbonyl (C=O) groups is 1. The van der Waals surface area contributed by atoms with Crippen LogP contribution >= 0.6 is 0 Å². The number of nitrogens with one attached hydrogen (secondary N) is 1. The van der Waals surface area contributed by atoms with E-state index in [2.05, 4.69) is 50.2 Å². The van der Waals surface area contributed by atoms with Crippen LogP contribution < -0.4 is 10.2 Å². The molecule has 0 aliphatic carbocycles. The molecule has 0 aromatic heterocycles. The summed E-state index contributed by atoms with van der Waals surface area (Å²) in [5.74, 6) is -0.0755. The van der Waals surface area contributed by atoms with Crippen LogP contribution in [0.25, 0.3) is 0 Å². The van der Waals surface area contributed by atoms with E-state index in [0.29, 0.717) is 11.6 Å². The fourth-order valence-electron chi connectivity index (χ4n) is 3.16. The lowest BCUT2D eigenvalue weighted by molar-refractivity contribution is 0.102. The molecule has 3 heteroatoms. The standard InChI is InChI=1S/C19H22N2O/c1-13-19(2,3)16-11-10-15(12-17(16)21(13)4)20-18(22)14-8-6-5-7-9-14/h5-13H,1-4H3,(H,20,22). The maximum absolute atomic E-state index is 12.3. The summed E-state index contributed by atoms with van der Waals surface area (Å²) in [7, 11) is 2.11. The van der Waals surface area contributed by atoms with Gasteiger partial charge in [0.05, 0.1) is 0 Å². The van der Waals surface area contributed by atoms with Gasteiger partial charge in [0.25, 0.3) is 5.91 Å². The fourth-order valence-corrected chi connectivity index (χ4v) is 3.16. The molecule has 1 heterocycles. The molecule has 1 amide bonds. The van der Waals surface area contributed by atoms with Crippen LogP contribution in [0.2, 0.25) is 0 Å². The Bertz CT molecular complexity index is 707. The molecule has 1 unspecified atom stereocenters. The van der Waals surface area contributed by atoms with Crippen molar-refractivity contribution in [2.24, 2.45) is 0 Å². The van der Waals surface area contributed by atoms with E-state index in [-0.39, 0.29) is 11.3 Å². The molecule has 0 spiro atoms. The van der Waals surface area contributed by atoms with Crippen LogP contribution in [0.4, 0.5) is 11.4 Å². The van der Waals surface area contributed by atoms with Gasteiger partial charge in [-0.25, -0.2) is 0 Å². The highest BCUT2D eigenvalue weighted by Crippen LogP contribution is 2.45. The Morgan fingerprint density at radius 2 is 1.82 bits per heavy atom. The molecule has 0 fully saturated rings. The summed E-state index contributed by atoms with van der Waals surface area (Å²) in [5.41, 5.74) is 4.16. The van der Waals surface area contributed by atoms with Crippen molar-refractivity contribution in [1.82, 2.24) is 0 Å². The van der Waals surface area contributed by atoms with Crippen molar-refractivity contribution >= 4 is 17.3 Å². The topological polar surface area (TPSA) is 32.3 Å². The zero-order valence-corrected chi connectivity index (χ0v) is 13.6. The van der Waals surface area contributed by atoms with E-state index in [1.165, 1.54) is 11.3 Å². The van der Waals surface area contributed by atoms with Crippen molar-refractivity contribution < 1.29 is 4.79 Å². The van der Waals surface area contributed by atoms with Gasteiger partial charge in [0.1, 0.15) is 0 Å². The summed E-state index contributed by atoms with van der Waals surface area (Å²) < 4.78 is 0. The number of benzene rings is 2. The third-order valence-electron chi connectivity index (χ3n) is 4.99. The van der Waals surface area contributed by atoms with E-state index in [1.54, 1.807) is 0 Å². The molecule has 22 heavy (non-hydrogen) atoms. The summed E-state index contributed by atoms with van der Waals surface area (Å²) in [6, 6.07) is 15.9. The largest absolute Gasteiger partial charge is 0.371 e. The normalized spacial score (nSPS) is 18.9. The summed E-state index contributed by atoms with van der Waals surface area (Å²) in [4.78, 5) is 14.5. The smallest absolute Gasteiger partial charge is 0.255 e.